The Morgan fingerprint density at radius 3 is 2.29 bits per heavy atom. The molecule has 35 heavy (non-hydrogen) atoms. The van der Waals surface area contributed by atoms with Gasteiger partial charge < -0.3 is 34.3 Å². The Morgan fingerprint density at radius 2 is 1.69 bits per heavy atom. The fraction of sp³-hybridized carbons (Fsp3) is 0.370. The van der Waals surface area contributed by atoms with Gasteiger partial charge in [-0.25, -0.2) is 0 Å². The fourth-order valence-corrected chi connectivity index (χ4v) is 3.91. The molecular weight excluding hydrogens is 452 g/mol. The molecule has 1 heterocycles. The Balaban J connectivity index is 2.30. The Morgan fingerprint density at radius 1 is 1.03 bits per heavy atom. The number of hydrogen-bond acceptors (Lipinski definition) is 8. The lowest BCUT2D eigenvalue weighted by molar-refractivity contribution is 0.230. The monoisotopic (exact) mass is 484 g/mol. The van der Waals surface area contributed by atoms with Crippen molar-refractivity contribution in [1.29, 1.82) is 0 Å². The van der Waals surface area contributed by atoms with Crippen LogP contribution in [0.1, 0.15) is 38.3 Å². The molecule has 0 aliphatic heterocycles. The van der Waals surface area contributed by atoms with Gasteiger partial charge in [-0.2, -0.15) is 0 Å². The summed E-state index contributed by atoms with van der Waals surface area (Å²) in [6.07, 6.45) is 3.59. The van der Waals surface area contributed by atoms with E-state index in [9.17, 15) is 25.2 Å². The van der Waals surface area contributed by atoms with E-state index in [4.69, 9.17) is 13.9 Å². The van der Waals surface area contributed by atoms with Crippen LogP contribution in [0.25, 0.3) is 22.3 Å². The van der Waals surface area contributed by atoms with Crippen LogP contribution in [-0.2, 0) is 12.8 Å². The zero-order valence-corrected chi connectivity index (χ0v) is 20.6. The average molecular weight is 485 g/mol. The van der Waals surface area contributed by atoms with Gasteiger partial charge in [0.1, 0.15) is 16.7 Å². The summed E-state index contributed by atoms with van der Waals surface area (Å²) in [5.41, 5.74) is 2.19. The Kier molecular flexibility index (Phi) is 7.96. The van der Waals surface area contributed by atoms with Gasteiger partial charge in [-0.1, -0.05) is 18.6 Å². The normalized spacial score (nSPS) is 11.9. The van der Waals surface area contributed by atoms with Crippen molar-refractivity contribution in [1.82, 2.24) is 0 Å². The zero-order chi connectivity index (χ0) is 25.9. The number of phenols is 3. The number of methoxy groups -OCH3 is 2. The first-order valence-electron chi connectivity index (χ1n) is 11.4. The van der Waals surface area contributed by atoms with Crippen LogP contribution in [0, 0.1) is 5.92 Å². The maximum Gasteiger partial charge on any atom is 0.239 e. The highest BCUT2D eigenvalue weighted by Gasteiger charge is 2.24. The van der Waals surface area contributed by atoms with Crippen LogP contribution >= 0.6 is 0 Å². The van der Waals surface area contributed by atoms with Gasteiger partial charge in [-0.15, -0.1) is 0 Å². The Hall–Kier alpha value is -3.65. The number of ether oxygens (including phenoxy) is 2. The average Bonchev–Trinajstić information content (AvgIpc) is 2.82. The van der Waals surface area contributed by atoms with Gasteiger partial charge in [0.15, 0.2) is 17.3 Å². The van der Waals surface area contributed by atoms with E-state index in [1.54, 1.807) is 12.1 Å². The number of benzene rings is 2. The molecule has 2 aromatic carbocycles. The number of aromatic hydroxyl groups is 3. The number of hydrogen-bond donors (Lipinski definition) is 4. The number of phenolic OH excluding ortho intramolecular Hbond substituents is 3. The molecule has 0 aliphatic rings. The van der Waals surface area contributed by atoms with E-state index < -0.39 is 11.2 Å². The maximum atomic E-state index is 13.3. The summed E-state index contributed by atoms with van der Waals surface area (Å²) >= 11 is 0. The van der Waals surface area contributed by atoms with E-state index in [1.165, 1.54) is 20.3 Å². The second kappa shape index (κ2) is 10.7. The van der Waals surface area contributed by atoms with Crippen molar-refractivity contribution in [3.63, 3.8) is 0 Å². The number of fused-ring (bicyclic) bond motifs is 1. The molecule has 188 valence electrons. The van der Waals surface area contributed by atoms with Crippen molar-refractivity contribution in [2.75, 3.05) is 20.8 Å². The lowest BCUT2D eigenvalue weighted by Gasteiger charge is -2.16. The summed E-state index contributed by atoms with van der Waals surface area (Å²) in [5.74, 6) is -1.00. The van der Waals surface area contributed by atoms with Gasteiger partial charge in [-0.3, -0.25) is 4.79 Å². The second-order valence-corrected chi connectivity index (χ2v) is 8.90. The first-order chi connectivity index (χ1) is 16.6. The Bertz CT molecular complexity index is 1320. The van der Waals surface area contributed by atoms with Crippen LogP contribution < -0.4 is 14.9 Å². The quantitative estimate of drug-likeness (QED) is 0.323. The molecule has 4 N–H and O–H groups in total. The minimum Gasteiger partial charge on any atom is -0.507 e. The summed E-state index contributed by atoms with van der Waals surface area (Å²) in [4.78, 5) is 13.3. The van der Waals surface area contributed by atoms with Gasteiger partial charge in [0, 0.05) is 18.2 Å². The summed E-state index contributed by atoms with van der Waals surface area (Å²) in [6.45, 7) is 5.88. The molecule has 0 spiro atoms. The number of aryl methyl sites for hydroxylation is 1. The third-order valence-electron chi connectivity index (χ3n) is 5.94. The van der Waals surface area contributed by atoms with E-state index in [-0.39, 0.29) is 52.3 Å². The fourth-order valence-electron chi connectivity index (χ4n) is 3.91. The molecular formula is C27H32O8. The summed E-state index contributed by atoms with van der Waals surface area (Å²) in [7, 11) is 2.59. The van der Waals surface area contributed by atoms with Gasteiger partial charge in [0.25, 0.3) is 0 Å². The van der Waals surface area contributed by atoms with E-state index >= 15 is 0 Å². The van der Waals surface area contributed by atoms with Gasteiger partial charge in [0.2, 0.25) is 16.9 Å². The molecule has 0 radical (unpaired) electrons. The SMILES string of the molecule is COc1c(O)cc2oc(-c3cc(CC=C(C)C)c(O)c(CC[C@H](C)CO)c3)c(OC)c(=O)c2c1O. The number of allylic oxidation sites excluding steroid dienone is 2. The van der Waals surface area contributed by atoms with E-state index in [1.807, 2.05) is 26.8 Å². The van der Waals surface area contributed by atoms with Crippen molar-refractivity contribution in [3.8, 4) is 40.1 Å². The maximum absolute atomic E-state index is 13.3. The van der Waals surface area contributed by atoms with Gasteiger partial charge in [0.05, 0.1) is 14.2 Å². The third kappa shape index (κ3) is 5.22. The minimum absolute atomic E-state index is 0.0366. The molecule has 3 rings (SSSR count). The van der Waals surface area contributed by atoms with Crippen LogP contribution in [0.2, 0.25) is 0 Å². The topological polar surface area (TPSA) is 130 Å². The van der Waals surface area contributed by atoms with Gasteiger partial charge in [-0.05, 0) is 62.3 Å². The van der Waals surface area contributed by atoms with Crippen molar-refractivity contribution >= 4 is 11.0 Å². The van der Waals surface area contributed by atoms with Crippen LogP contribution in [0.5, 0.6) is 28.7 Å². The molecule has 0 saturated carbocycles. The second-order valence-electron chi connectivity index (χ2n) is 8.90. The summed E-state index contributed by atoms with van der Waals surface area (Å²) in [6, 6.07) is 4.65. The predicted octanol–water partition coefficient (Wildman–Crippen LogP) is 4.66. The standard InChI is InChI=1S/C27H32O8/c1-14(2)6-8-16-10-18(11-17(22(16)30)9-7-15(3)13-28)25-27(34-5)24(32)21-20(35-25)12-19(29)26(33-4)23(21)31/h6,10-12,15,28-31H,7-9,13H2,1-5H3/t15-/m0/s1. The highest BCUT2D eigenvalue weighted by atomic mass is 16.5. The molecule has 0 aliphatic carbocycles. The number of aliphatic hydroxyl groups excluding tert-OH is 1. The first kappa shape index (κ1) is 26.0. The van der Waals surface area contributed by atoms with Gasteiger partial charge >= 0.3 is 0 Å². The minimum atomic E-state index is -0.631. The zero-order valence-electron chi connectivity index (χ0n) is 20.6. The van der Waals surface area contributed by atoms with Crippen molar-refractivity contribution in [3.05, 3.63) is 51.2 Å². The molecule has 8 heteroatoms. The lowest BCUT2D eigenvalue weighted by atomic mass is 9.94. The largest absolute Gasteiger partial charge is 0.507 e. The Labute approximate surface area is 203 Å². The van der Waals surface area contributed by atoms with Crippen molar-refractivity contribution in [2.45, 2.75) is 40.0 Å². The highest BCUT2D eigenvalue weighted by Crippen LogP contribution is 2.44. The number of aliphatic hydroxyl groups is 1. The van der Waals surface area contributed by atoms with E-state index in [2.05, 4.69) is 0 Å². The van der Waals surface area contributed by atoms with Crippen LogP contribution in [0.4, 0.5) is 0 Å². The molecule has 3 aromatic rings. The molecule has 1 atom stereocenters. The predicted molar refractivity (Wildman–Crippen MR) is 134 cm³/mol. The molecule has 0 fully saturated rings. The first-order valence-corrected chi connectivity index (χ1v) is 11.4. The van der Waals surface area contributed by atoms with Crippen molar-refractivity contribution < 1.29 is 34.3 Å². The number of rotatable bonds is 9. The third-order valence-corrected chi connectivity index (χ3v) is 5.94. The molecule has 0 amide bonds. The summed E-state index contributed by atoms with van der Waals surface area (Å²) < 4.78 is 16.4. The molecule has 0 saturated heterocycles. The molecule has 1 aromatic heterocycles. The molecule has 8 nitrogen and oxygen atoms in total. The molecule has 0 unspecified atom stereocenters. The highest BCUT2D eigenvalue weighted by molar-refractivity contribution is 5.91. The van der Waals surface area contributed by atoms with E-state index in [0.717, 1.165) is 5.57 Å². The van der Waals surface area contributed by atoms with Crippen LogP contribution in [0.3, 0.4) is 0 Å². The van der Waals surface area contributed by atoms with Crippen molar-refractivity contribution in [2.24, 2.45) is 5.92 Å². The lowest BCUT2D eigenvalue weighted by Crippen LogP contribution is -2.09. The summed E-state index contributed by atoms with van der Waals surface area (Å²) in [5, 5.41) is 40.9. The van der Waals surface area contributed by atoms with Crippen LogP contribution in [-0.4, -0.2) is 41.3 Å². The van der Waals surface area contributed by atoms with Crippen LogP contribution in [0.15, 0.2) is 39.1 Å². The smallest absolute Gasteiger partial charge is 0.239 e. The van der Waals surface area contributed by atoms with E-state index in [0.29, 0.717) is 36.0 Å². The molecule has 0 bridgehead atoms.